The molecule has 0 bridgehead atoms. The van der Waals surface area contributed by atoms with Gasteiger partial charge in [-0.1, -0.05) is 29.4 Å². The molecular weight excluding hydrogens is 302 g/mol. The molecule has 1 aromatic carbocycles. The Morgan fingerprint density at radius 3 is 2.62 bits per heavy atom. The summed E-state index contributed by atoms with van der Waals surface area (Å²) in [5.74, 6) is 0. The second kappa shape index (κ2) is 6.42. The number of halogens is 1. The van der Waals surface area contributed by atoms with E-state index in [1.807, 2.05) is 30.8 Å². The fourth-order valence-corrected chi connectivity index (χ4v) is 3.33. The van der Waals surface area contributed by atoms with Gasteiger partial charge >= 0.3 is 0 Å². The Morgan fingerprint density at radius 1 is 1.33 bits per heavy atom. The molecule has 0 atom stereocenters. The molecule has 3 nitrogen and oxygen atoms in total. The summed E-state index contributed by atoms with van der Waals surface area (Å²) in [6, 6.07) is 8.14. The van der Waals surface area contributed by atoms with Gasteiger partial charge in [-0.15, -0.1) is 0 Å². The van der Waals surface area contributed by atoms with Gasteiger partial charge in [0.2, 0.25) is 0 Å². The lowest BCUT2D eigenvalue weighted by molar-refractivity contribution is 0.422. The lowest BCUT2D eigenvalue weighted by Gasteiger charge is -2.22. The van der Waals surface area contributed by atoms with Gasteiger partial charge in [0.25, 0.3) is 0 Å². The summed E-state index contributed by atoms with van der Waals surface area (Å²) in [6.07, 6.45) is 0. The molecule has 1 N–H and O–H groups in total. The molecule has 5 heteroatoms. The van der Waals surface area contributed by atoms with E-state index in [2.05, 4.69) is 43.3 Å². The monoisotopic (exact) mass is 323 g/mol. The molecule has 1 aromatic heterocycles. The topological polar surface area (TPSA) is 29.9 Å². The molecule has 2 rings (SSSR count). The molecule has 0 aliphatic rings. The van der Waals surface area contributed by atoms with Crippen LogP contribution < -0.4 is 5.32 Å². The van der Waals surface area contributed by atoms with Crippen LogP contribution in [-0.4, -0.2) is 15.3 Å². The van der Waals surface area contributed by atoms with Crippen molar-refractivity contribution in [3.8, 4) is 0 Å². The molecule has 0 unspecified atom stereocenters. The molecule has 114 valence electrons. The van der Waals surface area contributed by atoms with Crippen LogP contribution in [0.3, 0.4) is 0 Å². The molecule has 2 aromatic rings. The minimum atomic E-state index is 0.0597. The van der Waals surface area contributed by atoms with E-state index in [1.54, 1.807) is 11.8 Å². The fraction of sp³-hybridized carbons (Fsp3) is 0.438. The van der Waals surface area contributed by atoms with Crippen molar-refractivity contribution in [3.05, 3.63) is 40.5 Å². The first-order chi connectivity index (χ1) is 9.76. The Labute approximate surface area is 136 Å². The molecule has 0 aliphatic heterocycles. The zero-order valence-corrected chi connectivity index (χ0v) is 14.8. The number of aryl methyl sites for hydroxylation is 2. The second-order valence-electron chi connectivity index (χ2n) is 6.17. The van der Waals surface area contributed by atoms with Gasteiger partial charge in [0.15, 0.2) is 0 Å². The first-order valence-corrected chi connectivity index (χ1v) is 8.16. The summed E-state index contributed by atoms with van der Waals surface area (Å²) in [7, 11) is 1.97. The van der Waals surface area contributed by atoms with E-state index in [0.717, 1.165) is 27.9 Å². The van der Waals surface area contributed by atoms with E-state index in [9.17, 15) is 0 Å². The quantitative estimate of drug-likeness (QED) is 0.903. The summed E-state index contributed by atoms with van der Waals surface area (Å²) in [5.41, 5.74) is 2.22. The maximum atomic E-state index is 6.39. The van der Waals surface area contributed by atoms with Crippen LogP contribution in [0.1, 0.15) is 32.0 Å². The van der Waals surface area contributed by atoms with Crippen LogP contribution in [-0.2, 0) is 13.6 Å². The predicted octanol–water partition coefficient (Wildman–Crippen LogP) is 4.42. The maximum Gasteiger partial charge on any atom is 0.0987 e. The highest BCUT2D eigenvalue weighted by molar-refractivity contribution is 7.99. The van der Waals surface area contributed by atoms with E-state index in [1.165, 1.54) is 4.90 Å². The summed E-state index contributed by atoms with van der Waals surface area (Å²) < 4.78 is 1.90. The van der Waals surface area contributed by atoms with Crippen LogP contribution in [0.25, 0.3) is 0 Å². The average Bonchev–Trinajstić information content (AvgIpc) is 2.66. The minimum Gasteiger partial charge on any atom is -0.308 e. The van der Waals surface area contributed by atoms with Gasteiger partial charge in [-0.05, 0) is 51.5 Å². The van der Waals surface area contributed by atoms with Crippen molar-refractivity contribution in [1.29, 1.82) is 0 Å². The van der Waals surface area contributed by atoms with E-state index in [4.69, 9.17) is 11.6 Å². The summed E-state index contributed by atoms with van der Waals surface area (Å²) in [5, 5.41) is 9.82. The number of benzene rings is 1. The molecule has 0 spiro atoms. The highest BCUT2D eigenvalue weighted by Gasteiger charge is 2.14. The van der Waals surface area contributed by atoms with Crippen molar-refractivity contribution in [3.63, 3.8) is 0 Å². The van der Waals surface area contributed by atoms with Gasteiger partial charge in [0, 0.05) is 29.0 Å². The number of nitrogens with zero attached hydrogens (tertiary/aromatic N) is 2. The smallest absolute Gasteiger partial charge is 0.0987 e. The zero-order chi connectivity index (χ0) is 15.6. The summed E-state index contributed by atoms with van der Waals surface area (Å²) in [6.45, 7) is 9.22. The Bertz CT molecular complexity index is 629. The van der Waals surface area contributed by atoms with Gasteiger partial charge < -0.3 is 5.32 Å². The third kappa shape index (κ3) is 4.50. The van der Waals surface area contributed by atoms with Crippen LogP contribution in [0.15, 0.2) is 34.2 Å². The molecule has 0 aliphatic carbocycles. The van der Waals surface area contributed by atoms with Gasteiger partial charge in [-0.25, -0.2) is 0 Å². The van der Waals surface area contributed by atoms with E-state index in [-0.39, 0.29) is 5.54 Å². The molecule has 0 saturated heterocycles. The lowest BCUT2D eigenvalue weighted by Crippen LogP contribution is -2.35. The third-order valence-electron chi connectivity index (χ3n) is 3.04. The van der Waals surface area contributed by atoms with Gasteiger partial charge in [-0.2, -0.15) is 5.10 Å². The number of hydrogen-bond donors (Lipinski definition) is 1. The first kappa shape index (κ1) is 16.4. The van der Waals surface area contributed by atoms with Crippen molar-refractivity contribution in [2.75, 3.05) is 0 Å². The molecular formula is C16H22ClN3S. The number of aromatic nitrogens is 2. The summed E-state index contributed by atoms with van der Waals surface area (Å²) >= 11 is 8.10. The molecule has 0 saturated carbocycles. The minimum absolute atomic E-state index is 0.0597. The van der Waals surface area contributed by atoms with Crippen molar-refractivity contribution >= 4 is 23.4 Å². The molecule has 0 radical (unpaired) electrons. The Balaban J connectivity index is 2.27. The number of rotatable bonds is 4. The van der Waals surface area contributed by atoms with E-state index in [0.29, 0.717) is 0 Å². The van der Waals surface area contributed by atoms with Crippen LogP contribution in [0.2, 0.25) is 5.02 Å². The Hall–Kier alpha value is -0.970. The highest BCUT2D eigenvalue weighted by atomic mass is 35.5. The fourth-order valence-electron chi connectivity index (χ4n) is 1.95. The van der Waals surface area contributed by atoms with Crippen LogP contribution in [0.5, 0.6) is 0 Å². The molecule has 21 heavy (non-hydrogen) atoms. The van der Waals surface area contributed by atoms with Crippen molar-refractivity contribution < 1.29 is 0 Å². The Morgan fingerprint density at radius 2 is 2.05 bits per heavy atom. The Kier molecular flexibility index (Phi) is 5.02. The second-order valence-corrected chi connectivity index (χ2v) is 7.64. The van der Waals surface area contributed by atoms with Crippen molar-refractivity contribution in [2.45, 2.75) is 49.7 Å². The van der Waals surface area contributed by atoms with Crippen LogP contribution in [0, 0.1) is 6.92 Å². The van der Waals surface area contributed by atoms with E-state index < -0.39 is 0 Å². The number of nitrogens with one attached hydrogen (secondary N) is 1. The van der Waals surface area contributed by atoms with Crippen LogP contribution >= 0.6 is 23.4 Å². The van der Waals surface area contributed by atoms with Crippen LogP contribution in [0.4, 0.5) is 0 Å². The van der Waals surface area contributed by atoms with Gasteiger partial charge in [0.1, 0.15) is 0 Å². The molecule has 1 heterocycles. The maximum absolute atomic E-state index is 6.39. The highest BCUT2D eigenvalue weighted by Crippen LogP contribution is 2.34. The lowest BCUT2D eigenvalue weighted by atomic mass is 10.1. The van der Waals surface area contributed by atoms with Gasteiger partial charge in [-0.3, -0.25) is 4.68 Å². The normalized spacial score (nSPS) is 11.9. The van der Waals surface area contributed by atoms with E-state index >= 15 is 0 Å². The third-order valence-corrected chi connectivity index (χ3v) is 4.59. The van der Waals surface area contributed by atoms with Gasteiger partial charge in [0.05, 0.1) is 10.7 Å². The standard InChI is InChI=1S/C16H22ClN3S/c1-11-9-15(20(5)19-11)21-14-8-6-7-13(17)12(14)10-18-16(2,3)4/h6-9,18H,10H2,1-5H3. The first-order valence-electron chi connectivity index (χ1n) is 6.97. The number of hydrogen-bond acceptors (Lipinski definition) is 3. The molecule has 0 amide bonds. The zero-order valence-electron chi connectivity index (χ0n) is 13.2. The molecule has 0 fully saturated rings. The largest absolute Gasteiger partial charge is 0.308 e. The predicted molar refractivity (Wildman–Crippen MR) is 90.1 cm³/mol. The summed E-state index contributed by atoms with van der Waals surface area (Å²) in [4.78, 5) is 1.17. The van der Waals surface area contributed by atoms with Crippen molar-refractivity contribution in [2.24, 2.45) is 7.05 Å². The average molecular weight is 324 g/mol. The van der Waals surface area contributed by atoms with Crippen molar-refractivity contribution in [1.82, 2.24) is 15.1 Å². The SMILES string of the molecule is Cc1cc(Sc2cccc(Cl)c2CNC(C)(C)C)n(C)n1.